The molecule has 1 aromatic carbocycles. The van der Waals surface area contributed by atoms with Crippen molar-refractivity contribution in [1.29, 1.82) is 0 Å². The van der Waals surface area contributed by atoms with Crippen molar-refractivity contribution in [3.05, 3.63) is 82.6 Å². The molecule has 0 saturated heterocycles. The van der Waals surface area contributed by atoms with Crippen LogP contribution in [0.15, 0.2) is 42.7 Å². The van der Waals surface area contributed by atoms with E-state index in [1.165, 1.54) is 19.1 Å². The van der Waals surface area contributed by atoms with Gasteiger partial charge in [-0.2, -0.15) is 0 Å². The number of halogens is 3. The highest BCUT2D eigenvalue weighted by molar-refractivity contribution is 5.96. The third kappa shape index (κ3) is 4.60. The molecule has 3 N–H and O–H groups in total. The van der Waals surface area contributed by atoms with Crippen molar-refractivity contribution in [3.8, 4) is 11.3 Å². The zero-order valence-electron chi connectivity index (χ0n) is 18.9. The first kappa shape index (κ1) is 24.0. The summed E-state index contributed by atoms with van der Waals surface area (Å²) in [7, 11) is 0. The van der Waals surface area contributed by atoms with Crippen LogP contribution in [0.1, 0.15) is 52.9 Å². The number of aromatic nitrogens is 2. The molecule has 178 valence electrons. The van der Waals surface area contributed by atoms with Crippen LogP contribution >= 0.6 is 0 Å². The Kier molecular flexibility index (Phi) is 6.81. The van der Waals surface area contributed by atoms with Crippen LogP contribution < -0.4 is 5.73 Å². The predicted octanol–water partition coefficient (Wildman–Crippen LogP) is 4.50. The van der Waals surface area contributed by atoms with Crippen molar-refractivity contribution < 1.29 is 23.1 Å². The summed E-state index contributed by atoms with van der Waals surface area (Å²) in [5.41, 5.74) is 6.60. The zero-order chi connectivity index (χ0) is 24.6. The van der Waals surface area contributed by atoms with E-state index in [1.54, 1.807) is 12.4 Å². The molecule has 5 nitrogen and oxygen atoms in total. The number of nitrogens with two attached hydrogens (primary N) is 1. The van der Waals surface area contributed by atoms with E-state index in [2.05, 4.69) is 9.97 Å². The Morgan fingerprint density at radius 3 is 2.59 bits per heavy atom. The summed E-state index contributed by atoms with van der Waals surface area (Å²) in [6.07, 6.45) is 3.88. The molecule has 2 heterocycles. The molecule has 0 unspecified atom stereocenters. The summed E-state index contributed by atoms with van der Waals surface area (Å²) in [5.74, 6) is -3.19. The lowest BCUT2D eigenvalue weighted by Crippen LogP contribution is -2.44. The van der Waals surface area contributed by atoms with Crippen molar-refractivity contribution in [2.75, 3.05) is 0 Å². The van der Waals surface area contributed by atoms with Gasteiger partial charge in [0.2, 0.25) is 0 Å². The van der Waals surface area contributed by atoms with E-state index in [-0.39, 0.29) is 35.6 Å². The minimum atomic E-state index is -0.960. The van der Waals surface area contributed by atoms with Gasteiger partial charge in [-0.1, -0.05) is 13.0 Å². The zero-order valence-corrected chi connectivity index (χ0v) is 18.9. The molecular weight excluding hydrogens is 443 g/mol. The van der Waals surface area contributed by atoms with Crippen LogP contribution in [0.4, 0.5) is 13.2 Å². The number of nitrogens with zero attached hydrogens (tertiary/aromatic N) is 2. The van der Waals surface area contributed by atoms with Gasteiger partial charge in [0.25, 0.3) is 0 Å². The number of aryl methyl sites for hydroxylation is 1. The maximum atomic E-state index is 14.6. The summed E-state index contributed by atoms with van der Waals surface area (Å²) in [5, 5.41) is 10.2. The predicted molar refractivity (Wildman–Crippen MR) is 122 cm³/mol. The van der Waals surface area contributed by atoms with Crippen molar-refractivity contribution in [2.45, 2.75) is 51.2 Å². The first-order chi connectivity index (χ1) is 16.2. The smallest absolute Gasteiger partial charge is 0.185 e. The summed E-state index contributed by atoms with van der Waals surface area (Å²) in [4.78, 5) is 21.2. The normalized spacial score (nSPS) is 22.6. The van der Waals surface area contributed by atoms with Gasteiger partial charge in [-0.05, 0) is 72.6 Å². The molecule has 3 aromatic rings. The van der Waals surface area contributed by atoms with E-state index in [0.29, 0.717) is 18.4 Å². The molecule has 8 heteroatoms. The molecule has 0 bridgehead atoms. The van der Waals surface area contributed by atoms with Gasteiger partial charge in [0.1, 0.15) is 28.8 Å². The number of Topliss-reactive ketones (excluding diaryl/α,β-unsaturated/α-hetero) is 1. The quantitative estimate of drug-likeness (QED) is 0.538. The Labute approximate surface area is 195 Å². The Balaban J connectivity index is 1.65. The molecule has 1 aliphatic rings. The minimum Gasteiger partial charge on any atom is -0.391 e. The van der Waals surface area contributed by atoms with Crippen LogP contribution in [0.5, 0.6) is 0 Å². The average molecular weight is 470 g/mol. The minimum absolute atomic E-state index is 0.00547. The second-order valence-corrected chi connectivity index (χ2v) is 9.05. The number of benzene rings is 1. The maximum absolute atomic E-state index is 14.6. The van der Waals surface area contributed by atoms with Crippen molar-refractivity contribution in [3.63, 3.8) is 0 Å². The molecule has 0 amide bonds. The SMILES string of the molecule is Cc1ccc(F)c(-c2nc(C(=O)Cc3cnccc3[C@H]3C[C@@H](N)[C@@H](O)[C@@H](C)C3)ccc2F)c1F. The summed E-state index contributed by atoms with van der Waals surface area (Å²) in [6.45, 7) is 3.38. The fraction of sp³-hybridized carbons (Fsp3) is 0.346. The number of carbonyl (C=O) groups excluding carboxylic acids is 1. The summed E-state index contributed by atoms with van der Waals surface area (Å²) >= 11 is 0. The number of ketones is 1. The third-order valence-corrected chi connectivity index (χ3v) is 6.62. The van der Waals surface area contributed by atoms with Crippen LogP contribution in [-0.2, 0) is 6.42 Å². The van der Waals surface area contributed by atoms with Gasteiger partial charge in [0, 0.05) is 24.9 Å². The van der Waals surface area contributed by atoms with Gasteiger partial charge in [-0.3, -0.25) is 9.78 Å². The molecule has 0 radical (unpaired) electrons. The standard InChI is InChI=1S/C26H26F3N3O2/c1-13-3-4-18(27)23(24(13)29)25-19(28)5-6-21(32-25)22(33)11-16-12-31-8-7-17(16)15-9-14(2)26(34)20(30)10-15/h3-8,12,14-15,20,26,34H,9-11,30H2,1-2H3/t14-,15+,20+,26-/m0/s1. The second kappa shape index (κ2) is 9.64. The Bertz CT molecular complexity index is 1220. The number of hydrogen-bond acceptors (Lipinski definition) is 5. The second-order valence-electron chi connectivity index (χ2n) is 9.05. The number of aliphatic hydroxyl groups is 1. The number of rotatable bonds is 5. The van der Waals surface area contributed by atoms with Gasteiger partial charge < -0.3 is 10.8 Å². The first-order valence-electron chi connectivity index (χ1n) is 11.2. The number of hydrogen-bond donors (Lipinski definition) is 2. The Hall–Kier alpha value is -3.10. The number of pyridine rings is 2. The van der Waals surface area contributed by atoms with Gasteiger partial charge >= 0.3 is 0 Å². The van der Waals surface area contributed by atoms with Crippen LogP contribution in [-0.4, -0.2) is 33.0 Å². The number of aliphatic hydroxyl groups excluding tert-OH is 1. The first-order valence-corrected chi connectivity index (χ1v) is 11.2. The molecule has 0 aliphatic heterocycles. The van der Waals surface area contributed by atoms with E-state index >= 15 is 0 Å². The van der Waals surface area contributed by atoms with Crippen molar-refractivity contribution >= 4 is 5.78 Å². The van der Waals surface area contributed by atoms with Crippen molar-refractivity contribution in [1.82, 2.24) is 9.97 Å². The molecule has 4 rings (SSSR count). The van der Waals surface area contributed by atoms with Crippen LogP contribution in [0.3, 0.4) is 0 Å². The van der Waals surface area contributed by atoms with Crippen molar-refractivity contribution in [2.24, 2.45) is 11.7 Å². The molecule has 1 fully saturated rings. The van der Waals surface area contributed by atoms with E-state index in [1.807, 2.05) is 13.0 Å². The van der Waals surface area contributed by atoms with E-state index in [4.69, 9.17) is 5.73 Å². The van der Waals surface area contributed by atoms with E-state index < -0.39 is 40.6 Å². The van der Waals surface area contributed by atoms with Gasteiger partial charge in [0.15, 0.2) is 5.78 Å². The molecule has 4 atom stereocenters. The topological polar surface area (TPSA) is 89.1 Å². The van der Waals surface area contributed by atoms with E-state index in [9.17, 15) is 23.1 Å². The Morgan fingerprint density at radius 1 is 1.12 bits per heavy atom. The average Bonchev–Trinajstić information content (AvgIpc) is 2.81. The number of carbonyl (C=O) groups is 1. The fourth-order valence-corrected chi connectivity index (χ4v) is 4.72. The van der Waals surface area contributed by atoms with Crippen LogP contribution in [0.2, 0.25) is 0 Å². The van der Waals surface area contributed by atoms with Crippen LogP contribution in [0, 0.1) is 30.3 Å². The molecule has 0 spiro atoms. The molecular formula is C26H26F3N3O2. The highest BCUT2D eigenvalue weighted by atomic mass is 19.1. The summed E-state index contributed by atoms with van der Waals surface area (Å²) in [6, 6.07) is 5.96. The lowest BCUT2D eigenvalue weighted by Gasteiger charge is -2.36. The molecule has 1 aliphatic carbocycles. The largest absolute Gasteiger partial charge is 0.391 e. The Morgan fingerprint density at radius 2 is 1.85 bits per heavy atom. The van der Waals surface area contributed by atoms with Gasteiger partial charge in [0.05, 0.1) is 11.7 Å². The summed E-state index contributed by atoms with van der Waals surface area (Å²) < 4.78 is 43.4. The highest BCUT2D eigenvalue weighted by Gasteiger charge is 2.34. The fourth-order valence-electron chi connectivity index (χ4n) is 4.72. The lowest BCUT2D eigenvalue weighted by molar-refractivity contribution is 0.0519. The van der Waals surface area contributed by atoms with Gasteiger partial charge in [-0.25, -0.2) is 18.2 Å². The van der Waals surface area contributed by atoms with Gasteiger partial charge in [-0.15, -0.1) is 0 Å². The molecule has 2 aromatic heterocycles. The molecule has 34 heavy (non-hydrogen) atoms. The third-order valence-electron chi connectivity index (χ3n) is 6.62. The molecule has 1 saturated carbocycles. The lowest BCUT2D eigenvalue weighted by atomic mass is 9.74. The highest BCUT2D eigenvalue weighted by Crippen LogP contribution is 2.37. The monoisotopic (exact) mass is 469 g/mol. The maximum Gasteiger partial charge on any atom is 0.185 e. The van der Waals surface area contributed by atoms with Crippen LogP contribution in [0.25, 0.3) is 11.3 Å². The van der Waals surface area contributed by atoms with E-state index in [0.717, 1.165) is 17.7 Å².